The van der Waals surface area contributed by atoms with E-state index < -0.39 is 17.7 Å². The molecule has 1 N–H and O–H groups in total. The molecule has 0 aliphatic carbocycles. The van der Waals surface area contributed by atoms with Crippen LogP contribution in [-0.2, 0) is 17.9 Å². The fraction of sp³-hybridized carbons (Fsp3) is 0.316. The van der Waals surface area contributed by atoms with E-state index in [0.717, 1.165) is 11.6 Å². The van der Waals surface area contributed by atoms with Crippen molar-refractivity contribution in [2.45, 2.75) is 33.0 Å². The summed E-state index contributed by atoms with van der Waals surface area (Å²) in [6, 6.07) is 11.0. The van der Waals surface area contributed by atoms with Crippen LogP contribution in [0.2, 0.25) is 0 Å². The van der Waals surface area contributed by atoms with Crippen LogP contribution in [0.5, 0.6) is 0 Å². The van der Waals surface area contributed by atoms with Gasteiger partial charge < -0.3 is 5.32 Å². The third kappa shape index (κ3) is 4.86. The number of likely N-dealkylation sites (N-methyl/N-ethyl adjacent to an activating group) is 1. The molecule has 0 spiro atoms. The Morgan fingerprint density at radius 2 is 1.83 bits per heavy atom. The van der Waals surface area contributed by atoms with Crippen molar-refractivity contribution in [3.63, 3.8) is 0 Å². The Morgan fingerprint density at radius 3 is 2.46 bits per heavy atom. The number of rotatable bonds is 6. The Balaban J connectivity index is 1.90. The summed E-state index contributed by atoms with van der Waals surface area (Å²) in [4.78, 5) is 14.0. The second kappa shape index (κ2) is 8.02. The molecule has 2 rings (SSSR count). The molecule has 0 radical (unpaired) electrons. The Hall–Kier alpha value is -2.27. The summed E-state index contributed by atoms with van der Waals surface area (Å²) in [6.45, 7) is 4.44. The Kier molecular flexibility index (Phi) is 6.04. The molecule has 0 saturated heterocycles. The third-order valence-corrected chi connectivity index (χ3v) is 4.06. The summed E-state index contributed by atoms with van der Waals surface area (Å²) >= 11 is 0. The second-order valence-electron chi connectivity index (χ2n) is 6.03. The van der Waals surface area contributed by atoms with Crippen molar-refractivity contribution in [2.75, 3.05) is 7.05 Å². The van der Waals surface area contributed by atoms with Crippen LogP contribution in [0.15, 0.2) is 42.5 Å². The maximum Gasteiger partial charge on any atom is 0.237 e. The fourth-order valence-electron chi connectivity index (χ4n) is 2.30. The monoisotopic (exact) mass is 332 g/mol. The predicted octanol–water partition coefficient (Wildman–Crippen LogP) is 3.41. The number of benzene rings is 2. The van der Waals surface area contributed by atoms with E-state index >= 15 is 0 Å². The van der Waals surface area contributed by atoms with E-state index in [0.29, 0.717) is 12.1 Å². The third-order valence-electron chi connectivity index (χ3n) is 4.06. The van der Waals surface area contributed by atoms with Crippen LogP contribution in [0.1, 0.15) is 23.6 Å². The number of nitrogens with one attached hydrogen (secondary N) is 1. The lowest BCUT2D eigenvalue weighted by Gasteiger charge is -2.24. The molecular formula is C19H22F2N2O. The average Bonchev–Trinajstić information content (AvgIpc) is 2.55. The normalized spacial score (nSPS) is 12.2. The van der Waals surface area contributed by atoms with Crippen LogP contribution in [0, 0.1) is 18.6 Å². The van der Waals surface area contributed by atoms with Gasteiger partial charge in [-0.3, -0.25) is 9.69 Å². The highest BCUT2D eigenvalue weighted by atomic mass is 19.1. The van der Waals surface area contributed by atoms with Crippen molar-refractivity contribution < 1.29 is 13.6 Å². The van der Waals surface area contributed by atoms with Gasteiger partial charge in [0.1, 0.15) is 11.6 Å². The minimum Gasteiger partial charge on any atom is -0.351 e. The van der Waals surface area contributed by atoms with Crippen molar-refractivity contribution in [3.05, 3.63) is 70.8 Å². The van der Waals surface area contributed by atoms with Crippen LogP contribution in [0.4, 0.5) is 8.78 Å². The van der Waals surface area contributed by atoms with Gasteiger partial charge in [-0.1, -0.05) is 35.9 Å². The summed E-state index contributed by atoms with van der Waals surface area (Å²) in [6.07, 6.45) is 0. The van der Waals surface area contributed by atoms with Crippen LogP contribution in [-0.4, -0.2) is 23.9 Å². The van der Waals surface area contributed by atoms with Crippen molar-refractivity contribution in [1.29, 1.82) is 0 Å². The minimum atomic E-state index is -0.609. The lowest BCUT2D eigenvalue weighted by Crippen LogP contribution is -2.42. The van der Waals surface area contributed by atoms with Gasteiger partial charge in [-0.2, -0.15) is 0 Å². The highest BCUT2D eigenvalue weighted by Crippen LogP contribution is 2.13. The smallest absolute Gasteiger partial charge is 0.237 e. The van der Waals surface area contributed by atoms with Gasteiger partial charge in [0.05, 0.1) is 6.04 Å². The van der Waals surface area contributed by atoms with E-state index in [1.807, 2.05) is 31.2 Å². The average molecular weight is 332 g/mol. The molecular weight excluding hydrogens is 310 g/mol. The molecule has 2 aromatic carbocycles. The number of hydrogen-bond acceptors (Lipinski definition) is 2. The molecule has 24 heavy (non-hydrogen) atoms. The van der Waals surface area contributed by atoms with Crippen molar-refractivity contribution in [1.82, 2.24) is 10.2 Å². The molecule has 1 amide bonds. The topological polar surface area (TPSA) is 32.3 Å². The molecule has 0 aromatic heterocycles. The molecule has 5 heteroatoms. The molecule has 0 aliphatic rings. The first kappa shape index (κ1) is 18.1. The zero-order chi connectivity index (χ0) is 17.7. The van der Waals surface area contributed by atoms with Crippen molar-refractivity contribution >= 4 is 5.91 Å². The van der Waals surface area contributed by atoms with E-state index in [1.165, 1.54) is 17.7 Å². The second-order valence-corrected chi connectivity index (χ2v) is 6.03. The molecule has 2 aromatic rings. The van der Waals surface area contributed by atoms with E-state index in [4.69, 9.17) is 0 Å². The van der Waals surface area contributed by atoms with Crippen LogP contribution >= 0.6 is 0 Å². The lowest BCUT2D eigenvalue weighted by atomic mass is 10.1. The molecule has 3 nitrogen and oxygen atoms in total. The minimum absolute atomic E-state index is 0.138. The molecule has 0 aliphatic heterocycles. The molecule has 128 valence electrons. The summed E-state index contributed by atoms with van der Waals surface area (Å²) < 4.78 is 26.7. The van der Waals surface area contributed by atoms with Gasteiger partial charge in [-0.05, 0) is 32.5 Å². The van der Waals surface area contributed by atoms with Gasteiger partial charge in [-0.25, -0.2) is 8.78 Å². The van der Waals surface area contributed by atoms with Crippen LogP contribution < -0.4 is 5.32 Å². The summed E-state index contributed by atoms with van der Waals surface area (Å²) in [5, 5.41) is 2.87. The zero-order valence-corrected chi connectivity index (χ0v) is 14.1. The number of nitrogens with zero attached hydrogens (tertiary/aromatic N) is 1. The van der Waals surface area contributed by atoms with Crippen molar-refractivity contribution in [3.8, 4) is 0 Å². The summed E-state index contributed by atoms with van der Waals surface area (Å²) in [7, 11) is 1.74. The van der Waals surface area contributed by atoms with E-state index in [9.17, 15) is 13.6 Å². The van der Waals surface area contributed by atoms with Crippen LogP contribution in [0.25, 0.3) is 0 Å². The van der Waals surface area contributed by atoms with Gasteiger partial charge in [-0.15, -0.1) is 0 Å². The number of aryl methyl sites for hydroxylation is 1. The van der Waals surface area contributed by atoms with Gasteiger partial charge >= 0.3 is 0 Å². The summed E-state index contributed by atoms with van der Waals surface area (Å²) in [5.74, 6) is -1.35. The summed E-state index contributed by atoms with van der Waals surface area (Å²) in [5.41, 5.74) is 2.55. The van der Waals surface area contributed by atoms with E-state index in [-0.39, 0.29) is 12.5 Å². The first-order valence-electron chi connectivity index (χ1n) is 7.84. The number of carbonyl (C=O) groups is 1. The SMILES string of the molecule is Cc1ccc(CNC(=O)[C@H](C)N(C)Cc2ccc(F)cc2F)cc1. The number of amides is 1. The largest absolute Gasteiger partial charge is 0.351 e. The predicted molar refractivity (Wildman–Crippen MR) is 90.3 cm³/mol. The first-order valence-corrected chi connectivity index (χ1v) is 7.84. The highest BCUT2D eigenvalue weighted by molar-refractivity contribution is 5.81. The Morgan fingerprint density at radius 1 is 1.17 bits per heavy atom. The number of halogens is 2. The maximum absolute atomic E-state index is 13.7. The van der Waals surface area contributed by atoms with Crippen LogP contribution in [0.3, 0.4) is 0 Å². The molecule has 0 unspecified atom stereocenters. The number of carbonyl (C=O) groups excluding carboxylic acids is 1. The van der Waals surface area contributed by atoms with Gasteiger partial charge in [0.2, 0.25) is 5.91 Å². The molecule has 0 fully saturated rings. The fourth-order valence-corrected chi connectivity index (χ4v) is 2.30. The number of hydrogen-bond donors (Lipinski definition) is 1. The van der Waals surface area contributed by atoms with E-state index in [2.05, 4.69) is 5.32 Å². The quantitative estimate of drug-likeness (QED) is 0.879. The van der Waals surface area contributed by atoms with Gasteiger partial charge in [0.15, 0.2) is 0 Å². The Labute approximate surface area is 141 Å². The van der Waals surface area contributed by atoms with Gasteiger partial charge in [0, 0.05) is 24.7 Å². The zero-order valence-electron chi connectivity index (χ0n) is 14.1. The highest BCUT2D eigenvalue weighted by Gasteiger charge is 2.19. The van der Waals surface area contributed by atoms with Gasteiger partial charge in [0.25, 0.3) is 0 Å². The van der Waals surface area contributed by atoms with Crippen molar-refractivity contribution in [2.24, 2.45) is 0 Å². The molecule has 1 atom stereocenters. The standard InChI is InChI=1S/C19H22F2N2O/c1-13-4-6-15(7-5-13)11-22-19(24)14(2)23(3)12-16-8-9-17(20)10-18(16)21/h4-10,14H,11-12H2,1-3H3,(H,22,24)/t14-/m0/s1. The molecule has 0 heterocycles. The molecule has 0 bridgehead atoms. The molecule has 0 saturated carbocycles. The first-order chi connectivity index (χ1) is 11.4. The Bertz CT molecular complexity index is 701. The van der Waals surface area contributed by atoms with E-state index in [1.54, 1.807) is 18.9 Å². The maximum atomic E-state index is 13.7. The lowest BCUT2D eigenvalue weighted by molar-refractivity contribution is -0.125.